The van der Waals surface area contributed by atoms with E-state index >= 15 is 0 Å². The first-order valence-electron chi connectivity index (χ1n) is 9.67. The van der Waals surface area contributed by atoms with Crippen LogP contribution >= 0.6 is 0 Å². The van der Waals surface area contributed by atoms with E-state index in [1.54, 1.807) is 6.92 Å². The SMILES string of the molecule is CCN1Cc2c(Oc3ccc(NS(=O)(=O)c4ccc(F)c(F)c4)cc3F)ccnc2NC1=O. The van der Waals surface area contributed by atoms with Crippen LogP contribution in [0.3, 0.4) is 0 Å². The molecule has 2 N–H and O–H groups in total. The lowest BCUT2D eigenvalue weighted by Gasteiger charge is -2.28. The summed E-state index contributed by atoms with van der Waals surface area (Å²) in [6, 6.07) is 6.66. The third kappa shape index (κ3) is 4.55. The van der Waals surface area contributed by atoms with Crippen LogP contribution in [0.1, 0.15) is 12.5 Å². The Morgan fingerprint density at radius 3 is 2.55 bits per heavy atom. The summed E-state index contributed by atoms with van der Waals surface area (Å²) in [5.41, 5.74) is 0.409. The average molecular weight is 478 g/mol. The highest BCUT2D eigenvalue weighted by Crippen LogP contribution is 2.34. The number of rotatable bonds is 6. The first kappa shape index (κ1) is 22.4. The number of benzene rings is 2. The zero-order valence-electron chi connectivity index (χ0n) is 17.1. The first-order valence-corrected chi connectivity index (χ1v) is 11.2. The van der Waals surface area contributed by atoms with Gasteiger partial charge in [0.1, 0.15) is 11.6 Å². The topological polar surface area (TPSA) is 101 Å². The summed E-state index contributed by atoms with van der Waals surface area (Å²) in [4.78, 5) is 17.1. The van der Waals surface area contributed by atoms with E-state index in [9.17, 15) is 26.4 Å². The molecule has 0 fully saturated rings. The van der Waals surface area contributed by atoms with Crippen LogP contribution in [-0.4, -0.2) is 30.9 Å². The van der Waals surface area contributed by atoms with Crippen LogP contribution in [0.2, 0.25) is 0 Å². The number of sulfonamides is 1. The Kier molecular flexibility index (Phi) is 5.85. The van der Waals surface area contributed by atoms with E-state index in [0.717, 1.165) is 12.1 Å². The van der Waals surface area contributed by atoms with Crippen LogP contribution in [0.15, 0.2) is 53.6 Å². The number of anilines is 2. The Bertz CT molecular complexity index is 1350. The standard InChI is InChI=1S/C21H17F3N4O4S/c1-2-28-11-14-18(7-8-25-20(14)26-21(28)29)32-19-6-3-12(9-17(19)24)27-33(30,31)13-4-5-15(22)16(23)10-13/h3-10,27H,2,11H2,1H3,(H,25,26,29). The number of amides is 2. The second-order valence-corrected chi connectivity index (χ2v) is 8.69. The molecule has 12 heteroatoms. The minimum Gasteiger partial charge on any atom is -0.454 e. The predicted octanol–water partition coefficient (Wildman–Crippen LogP) is 4.46. The fourth-order valence-corrected chi connectivity index (χ4v) is 4.21. The van der Waals surface area contributed by atoms with Crippen molar-refractivity contribution in [1.82, 2.24) is 9.88 Å². The molecule has 0 bridgehead atoms. The lowest BCUT2D eigenvalue weighted by molar-refractivity contribution is 0.209. The van der Waals surface area contributed by atoms with Gasteiger partial charge in [0.2, 0.25) is 0 Å². The lowest BCUT2D eigenvalue weighted by atomic mass is 10.2. The lowest BCUT2D eigenvalue weighted by Crippen LogP contribution is -2.38. The van der Waals surface area contributed by atoms with Crippen LogP contribution in [-0.2, 0) is 16.6 Å². The second kappa shape index (κ2) is 8.62. The van der Waals surface area contributed by atoms with Gasteiger partial charge in [0.05, 0.1) is 22.7 Å². The Morgan fingerprint density at radius 2 is 1.85 bits per heavy atom. The zero-order chi connectivity index (χ0) is 23.8. The molecule has 0 saturated heterocycles. The fourth-order valence-electron chi connectivity index (χ4n) is 3.15. The minimum absolute atomic E-state index is 0.147. The number of pyridine rings is 1. The Morgan fingerprint density at radius 1 is 1.06 bits per heavy atom. The molecule has 2 heterocycles. The van der Waals surface area contributed by atoms with Crippen molar-refractivity contribution in [3.63, 3.8) is 0 Å². The van der Waals surface area contributed by atoms with Crippen LogP contribution in [0.5, 0.6) is 11.5 Å². The monoisotopic (exact) mass is 478 g/mol. The third-order valence-electron chi connectivity index (χ3n) is 4.86. The van der Waals surface area contributed by atoms with Gasteiger partial charge in [-0.05, 0) is 43.3 Å². The van der Waals surface area contributed by atoms with E-state index in [1.807, 2.05) is 0 Å². The molecule has 8 nitrogen and oxygen atoms in total. The second-order valence-electron chi connectivity index (χ2n) is 7.01. The third-order valence-corrected chi connectivity index (χ3v) is 6.24. The maximum absolute atomic E-state index is 14.7. The van der Waals surface area contributed by atoms with Gasteiger partial charge in [-0.25, -0.2) is 31.4 Å². The number of carbonyl (C=O) groups excluding carboxylic acids is 1. The predicted molar refractivity (Wildman–Crippen MR) is 113 cm³/mol. The molecule has 2 amide bonds. The van der Waals surface area contributed by atoms with Gasteiger partial charge in [-0.1, -0.05) is 0 Å². The van der Waals surface area contributed by atoms with Crippen LogP contribution < -0.4 is 14.8 Å². The highest BCUT2D eigenvalue weighted by Gasteiger charge is 2.26. The molecule has 4 rings (SSSR count). The van der Waals surface area contributed by atoms with Crippen molar-refractivity contribution >= 4 is 27.6 Å². The highest BCUT2D eigenvalue weighted by molar-refractivity contribution is 7.92. The molecule has 3 aromatic rings. The molecule has 0 saturated carbocycles. The molecule has 0 spiro atoms. The quantitative estimate of drug-likeness (QED) is 0.545. The van der Waals surface area contributed by atoms with Gasteiger partial charge in [-0.3, -0.25) is 10.0 Å². The van der Waals surface area contributed by atoms with E-state index in [2.05, 4.69) is 15.0 Å². The van der Waals surface area contributed by atoms with E-state index in [1.165, 1.54) is 29.3 Å². The summed E-state index contributed by atoms with van der Waals surface area (Å²) in [6.45, 7) is 2.47. The van der Waals surface area contributed by atoms with Crippen molar-refractivity contribution in [3.05, 3.63) is 71.7 Å². The summed E-state index contributed by atoms with van der Waals surface area (Å²) in [5, 5.41) is 2.63. The summed E-state index contributed by atoms with van der Waals surface area (Å²) in [5.74, 6) is -3.02. The van der Waals surface area contributed by atoms with Crippen molar-refractivity contribution in [2.45, 2.75) is 18.4 Å². The van der Waals surface area contributed by atoms with Crippen molar-refractivity contribution in [3.8, 4) is 11.5 Å². The normalized spacial score (nSPS) is 13.3. The average Bonchev–Trinajstić information content (AvgIpc) is 2.76. The molecular weight excluding hydrogens is 461 g/mol. The largest absolute Gasteiger partial charge is 0.454 e. The molecule has 1 aromatic heterocycles. The van der Waals surface area contributed by atoms with Crippen molar-refractivity contribution in [2.75, 3.05) is 16.6 Å². The van der Waals surface area contributed by atoms with Crippen LogP contribution in [0.4, 0.5) is 29.5 Å². The van der Waals surface area contributed by atoms with Gasteiger partial charge in [-0.15, -0.1) is 0 Å². The molecule has 0 unspecified atom stereocenters. The highest BCUT2D eigenvalue weighted by atomic mass is 32.2. The molecule has 1 aliphatic rings. The fraction of sp³-hybridized carbons (Fsp3) is 0.143. The molecule has 0 radical (unpaired) electrons. The Labute approximate surface area is 187 Å². The maximum Gasteiger partial charge on any atom is 0.323 e. The van der Waals surface area contributed by atoms with Crippen LogP contribution in [0, 0.1) is 17.5 Å². The molecule has 1 aliphatic heterocycles. The van der Waals surface area contributed by atoms with Crippen molar-refractivity contribution in [1.29, 1.82) is 0 Å². The number of nitrogens with zero attached hydrogens (tertiary/aromatic N) is 2. The van der Waals surface area contributed by atoms with E-state index in [0.29, 0.717) is 30.1 Å². The van der Waals surface area contributed by atoms with E-state index in [4.69, 9.17) is 4.74 Å². The number of carbonyl (C=O) groups is 1. The van der Waals surface area contributed by atoms with Gasteiger partial charge in [-0.2, -0.15) is 0 Å². The summed E-state index contributed by atoms with van der Waals surface area (Å²) in [7, 11) is -4.29. The Hall–Kier alpha value is -3.80. The molecule has 0 aliphatic carbocycles. The van der Waals surface area contributed by atoms with Crippen molar-refractivity contribution < 1.29 is 31.1 Å². The number of nitrogens with one attached hydrogen (secondary N) is 2. The molecular formula is C21H17F3N4O4S. The van der Waals surface area contributed by atoms with E-state index in [-0.39, 0.29) is 29.8 Å². The zero-order valence-corrected chi connectivity index (χ0v) is 17.9. The number of halogens is 3. The van der Waals surface area contributed by atoms with Gasteiger partial charge in [0.25, 0.3) is 10.0 Å². The van der Waals surface area contributed by atoms with Gasteiger partial charge in [0, 0.05) is 18.8 Å². The number of hydrogen-bond acceptors (Lipinski definition) is 5. The summed E-state index contributed by atoms with van der Waals surface area (Å²) >= 11 is 0. The smallest absolute Gasteiger partial charge is 0.323 e. The minimum atomic E-state index is -4.29. The molecule has 172 valence electrons. The number of hydrogen-bond donors (Lipinski definition) is 2. The van der Waals surface area contributed by atoms with Crippen molar-refractivity contribution in [2.24, 2.45) is 0 Å². The van der Waals surface area contributed by atoms with Gasteiger partial charge < -0.3 is 9.64 Å². The summed E-state index contributed by atoms with van der Waals surface area (Å²) in [6.07, 6.45) is 1.40. The van der Waals surface area contributed by atoms with Crippen LogP contribution in [0.25, 0.3) is 0 Å². The number of ether oxygens (including phenoxy) is 1. The maximum atomic E-state index is 14.7. The Balaban J connectivity index is 1.56. The number of aromatic nitrogens is 1. The first-order chi connectivity index (χ1) is 15.7. The summed E-state index contributed by atoms with van der Waals surface area (Å²) < 4.78 is 73.7. The van der Waals surface area contributed by atoms with E-state index < -0.39 is 32.4 Å². The molecule has 0 atom stereocenters. The molecule has 33 heavy (non-hydrogen) atoms. The van der Waals surface area contributed by atoms with Gasteiger partial charge in [0.15, 0.2) is 23.2 Å². The number of fused-ring (bicyclic) bond motifs is 1. The number of urea groups is 1. The molecule has 2 aromatic carbocycles. The van der Waals surface area contributed by atoms with Gasteiger partial charge >= 0.3 is 6.03 Å².